The number of aromatic nitrogens is 2. The summed E-state index contributed by atoms with van der Waals surface area (Å²) in [5.41, 5.74) is 6.10. The van der Waals surface area contributed by atoms with Crippen LogP contribution in [-0.4, -0.2) is 36.0 Å². The molecule has 0 aliphatic heterocycles. The monoisotopic (exact) mass is 304 g/mol. The van der Waals surface area contributed by atoms with Gasteiger partial charge in [0.15, 0.2) is 5.82 Å². The largest absolute Gasteiger partial charge is 0.391 e. The Morgan fingerprint density at radius 2 is 1.95 bits per heavy atom. The van der Waals surface area contributed by atoms with Crippen LogP contribution in [0.4, 0.5) is 5.82 Å². The number of sulfonamides is 1. The second-order valence-electron chi connectivity index (χ2n) is 4.92. The van der Waals surface area contributed by atoms with E-state index in [2.05, 4.69) is 9.82 Å². The highest BCUT2D eigenvalue weighted by Gasteiger charge is 2.26. The Morgan fingerprint density at radius 1 is 1.40 bits per heavy atom. The van der Waals surface area contributed by atoms with Crippen LogP contribution in [0.2, 0.25) is 0 Å². The van der Waals surface area contributed by atoms with E-state index in [0.29, 0.717) is 5.69 Å². The second kappa shape index (κ2) is 6.55. The zero-order valence-electron chi connectivity index (χ0n) is 12.4. The number of nitrogens with two attached hydrogens (primary N) is 1. The fourth-order valence-electron chi connectivity index (χ4n) is 2.21. The molecule has 1 heterocycles. The molecule has 0 saturated carbocycles. The lowest BCUT2D eigenvalue weighted by Gasteiger charge is -2.20. The Balaban J connectivity index is 2.86. The Bertz CT molecular complexity index is 549. The first-order valence-corrected chi connectivity index (χ1v) is 8.19. The van der Waals surface area contributed by atoms with Crippen LogP contribution >= 0.6 is 0 Å². The van der Waals surface area contributed by atoms with E-state index in [4.69, 9.17) is 5.73 Å². The first-order valence-electron chi connectivity index (χ1n) is 6.71. The van der Waals surface area contributed by atoms with Crippen LogP contribution in [0.15, 0.2) is 4.90 Å². The number of aliphatic hydroxyl groups is 1. The first-order chi connectivity index (χ1) is 9.24. The van der Waals surface area contributed by atoms with Gasteiger partial charge in [-0.1, -0.05) is 26.7 Å². The second-order valence-corrected chi connectivity index (χ2v) is 6.62. The van der Waals surface area contributed by atoms with Gasteiger partial charge in [0.25, 0.3) is 0 Å². The molecule has 116 valence electrons. The minimum atomic E-state index is -3.76. The quantitative estimate of drug-likeness (QED) is 0.675. The van der Waals surface area contributed by atoms with Gasteiger partial charge in [0.2, 0.25) is 10.0 Å². The number of hydrogen-bond donors (Lipinski definition) is 3. The molecule has 1 atom stereocenters. The van der Waals surface area contributed by atoms with Gasteiger partial charge in [-0.25, -0.2) is 13.1 Å². The van der Waals surface area contributed by atoms with Crippen LogP contribution in [-0.2, 0) is 17.1 Å². The van der Waals surface area contributed by atoms with E-state index in [9.17, 15) is 13.5 Å². The molecule has 20 heavy (non-hydrogen) atoms. The maximum atomic E-state index is 12.2. The average molecular weight is 304 g/mol. The van der Waals surface area contributed by atoms with Crippen molar-refractivity contribution < 1.29 is 13.5 Å². The van der Waals surface area contributed by atoms with Gasteiger partial charge in [0.1, 0.15) is 4.90 Å². The lowest BCUT2D eigenvalue weighted by molar-refractivity contribution is 0.107. The normalized spacial score (nSPS) is 13.9. The van der Waals surface area contributed by atoms with Crippen LogP contribution in [0, 0.1) is 12.8 Å². The molecule has 8 heteroatoms. The predicted octanol–water partition coefficient (Wildman–Crippen LogP) is 0.386. The number of rotatable bonds is 7. The van der Waals surface area contributed by atoms with Crippen molar-refractivity contribution in [3.8, 4) is 0 Å². The molecule has 0 fully saturated rings. The van der Waals surface area contributed by atoms with E-state index in [0.717, 1.165) is 12.8 Å². The standard InChI is InChI=1S/C12H24N4O3S/c1-5-9(6-2)10(17)7-14-20(18,19)11-8(3)16(4)15-12(11)13/h9-10,14,17H,5-7H2,1-4H3,(H2,13,15). The fraction of sp³-hybridized carbons (Fsp3) is 0.750. The number of aryl methyl sites for hydroxylation is 1. The topological polar surface area (TPSA) is 110 Å². The van der Waals surface area contributed by atoms with E-state index >= 15 is 0 Å². The SMILES string of the molecule is CCC(CC)C(O)CNS(=O)(=O)c1c(N)nn(C)c1C. The smallest absolute Gasteiger partial charge is 0.246 e. The van der Waals surface area contributed by atoms with Crippen LogP contribution in [0.5, 0.6) is 0 Å². The Kier molecular flexibility index (Phi) is 5.55. The lowest BCUT2D eigenvalue weighted by Crippen LogP contribution is -2.36. The van der Waals surface area contributed by atoms with Crippen molar-refractivity contribution in [2.45, 2.75) is 44.6 Å². The van der Waals surface area contributed by atoms with E-state index in [1.165, 1.54) is 4.68 Å². The van der Waals surface area contributed by atoms with Gasteiger partial charge >= 0.3 is 0 Å². The van der Waals surface area contributed by atoms with Crippen molar-refractivity contribution in [1.29, 1.82) is 0 Å². The zero-order valence-corrected chi connectivity index (χ0v) is 13.2. The van der Waals surface area contributed by atoms with Crippen LogP contribution in [0.3, 0.4) is 0 Å². The van der Waals surface area contributed by atoms with Crippen LogP contribution in [0.25, 0.3) is 0 Å². The minimum Gasteiger partial charge on any atom is -0.391 e. The van der Waals surface area contributed by atoms with Crippen molar-refractivity contribution in [2.24, 2.45) is 13.0 Å². The molecule has 4 N–H and O–H groups in total. The van der Waals surface area contributed by atoms with Crippen molar-refractivity contribution in [3.05, 3.63) is 5.69 Å². The molecular weight excluding hydrogens is 280 g/mol. The van der Waals surface area contributed by atoms with Crippen molar-refractivity contribution in [3.63, 3.8) is 0 Å². The summed E-state index contributed by atoms with van der Waals surface area (Å²) < 4.78 is 28.3. The predicted molar refractivity (Wildman–Crippen MR) is 77.6 cm³/mol. The summed E-state index contributed by atoms with van der Waals surface area (Å²) in [5, 5.41) is 13.9. The first kappa shape index (κ1) is 16.9. The summed E-state index contributed by atoms with van der Waals surface area (Å²) in [4.78, 5) is -0.0169. The lowest BCUT2D eigenvalue weighted by atomic mass is 9.97. The summed E-state index contributed by atoms with van der Waals surface area (Å²) in [7, 11) is -2.14. The van der Waals surface area contributed by atoms with E-state index < -0.39 is 16.1 Å². The molecule has 0 bridgehead atoms. The summed E-state index contributed by atoms with van der Waals surface area (Å²) >= 11 is 0. The molecule has 0 radical (unpaired) electrons. The number of nitrogen functional groups attached to an aromatic ring is 1. The number of nitrogens with zero attached hydrogens (tertiary/aromatic N) is 2. The van der Waals surface area contributed by atoms with Gasteiger partial charge in [-0.3, -0.25) is 4.68 Å². The summed E-state index contributed by atoms with van der Waals surface area (Å²) in [5.74, 6) is 0.0413. The highest BCUT2D eigenvalue weighted by atomic mass is 32.2. The van der Waals surface area contributed by atoms with Gasteiger partial charge in [-0.05, 0) is 12.8 Å². The van der Waals surface area contributed by atoms with E-state index in [1.807, 2.05) is 13.8 Å². The Hall–Kier alpha value is -1.12. The molecule has 1 aromatic heterocycles. The van der Waals surface area contributed by atoms with E-state index in [1.54, 1.807) is 14.0 Å². The van der Waals surface area contributed by atoms with Crippen molar-refractivity contribution >= 4 is 15.8 Å². The molecule has 0 spiro atoms. The van der Waals surface area contributed by atoms with Gasteiger partial charge in [-0.2, -0.15) is 5.10 Å². The third-order valence-corrected chi connectivity index (χ3v) is 5.24. The van der Waals surface area contributed by atoms with E-state index in [-0.39, 0.29) is 23.2 Å². The molecule has 0 aliphatic rings. The summed E-state index contributed by atoms with van der Waals surface area (Å²) in [6.07, 6.45) is 0.888. The highest BCUT2D eigenvalue weighted by Crippen LogP contribution is 2.21. The maximum absolute atomic E-state index is 12.2. The molecular formula is C12H24N4O3S. The summed E-state index contributed by atoms with van der Waals surface area (Å²) in [6, 6.07) is 0. The van der Waals surface area contributed by atoms with Gasteiger partial charge in [-0.15, -0.1) is 0 Å². The number of anilines is 1. The number of hydrogen-bond acceptors (Lipinski definition) is 5. The molecule has 0 amide bonds. The molecule has 7 nitrogen and oxygen atoms in total. The third-order valence-electron chi connectivity index (χ3n) is 3.65. The maximum Gasteiger partial charge on any atom is 0.246 e. The van der Waals surface area contributed by atoms with Crippen LogP contribution in [0.1, 0.15) is 32.4 Å². The molecule has 1 aromatic rings. The Labute approximate surface area is 120 Å². The van der Waals surface area contributed by atoms with Gasteiger partial charge in [0, 0.05) is 13.6 Å². The Morgan fingerprint density at radius 3 is 2.35 bits per heavy atom. The molecule has 1 unspecified atom stereocenters. The summed E-state index contributed by atoms with van der Waals surface area (Å²) in [6.45, 7) is 5.54. The molecule has 1 rings (SSSR count). The number of nitrogens with one attached hydrogen (secondary N) is 1. The molecule has 0 saturated heterocycles. The molecule has 0 aromatic carbocycles. The minimum absolute atomic E-state index is 0.0169. The van der Waals surface area contributed by atoms with Crippen molar-refractivity contribution in [1.82, 2.24) is 14.5 Å². The average Bonchev–Trinajstić information content (AvgIpc) is 2.63. The molecule has 0 aliphatic carbocycles. The van der Waals surface area contributed by atoms with Gasteiger partial charge < -0.3 is 10.8 Å². The van der Waals surface area contributed by atoms with Crippen molar-refractivity contribution in [2.75, 3.05) is 12.3 Å². The van der Waals surface area contributed by atoms with Crippen LogP contribution < -0.4 is 10.5 Å². The highest BCUT2D eigenvalue weighted by molar-refractivity contribution is 7.89. The third kappa shape index (κ3) is 3.50. The fourth-order valence-corrected chi connectivity index (χ4v) is 3.58. The number of aliphatic hydroxyl groups excluding tert-OH is 1. The van der Waals surface area contributed by atoms with Gasteiger partial charge in [0.05, 0.1) is 11.8 Å². The zero-order chi connectivity index (χ0) is 15.5.